The fourth-order valence-electron chi connectivity index (χ4n) is 6.60. The van der Waals surface area contributed by atoms with Gasteiger partial charge in [0.25, 0.3) is 0 Å². The molecule has 4 N–H and O–H groups in total. The lowest BCUT2D eigenvalue weighted by molar-refractivity contribution is -0.305. The zero-order valence-corrected chi connectivity index (χ0v) is 36.1. The van der Waals surface area contributed by atoms with Crippen molar-refractivity contribution in [3.8, 4) is 0 Å². The number of hydrogen-bond donors (Lipinski definition) is 4. The van der Waals surface area contributed by atoms with Gasteiger partial charge in [0.15, 0.2) is 6.29 Å². The number of carbonyl (C=O) groups excluding carboxylic acids is 1. The van der Waals surface area contributed by atoms with Gasteiger partial charge in [-0.3, -0.25) is 4.79 Å². The fraction of sp³-hybridized carbons (Fsp3) is 0.771. The molecule has 9 nitrogen and oxygen atoms in total. The molecule has 0 aliphatic carbocycles. The number of aliphatic hydroxyl groups is 4. The van der Waals surface area contributed by atoms with Crippen molar-refractivity contribution in [3.05, 3.63) is 60.8 Å². The highest BCUT2D eigenvalue weighted by atomic mass is 16.7. The molecule has 9 heteroatoms. The average Bonchev–Trinajstić information content (AvgIpc) is 3.21. The highest BCUT2D eigenvalue weighted by Gasteiger charge is 2.44. The number of rotatable bonds is 38. The lowest BCUT2D eigenvalue weighted by Crippen LogP contribution is -2.59. The second kappa shape index (κ2) is 39.4. The SMILES string of the molecule is CC/C=C\C/C=C\C/C=C\C/C=C\CCCCCCCCCCCCCOCC(COC1OC(CO)C(O)C(O)C1O)OC(=O)CCCCCCC/C=C\CCC. The first-order chi connectivity index (χ1) is 27.9. The highest BCUT2D eigenvalue weighted by Crippen LogP contribution is 2.22. The molecule has 0 bridgehead atoms. The van der Waals surface area contributed by atoms with E-state index in [1.54, 1.807) is 0 Å². The van der Waals surface area contributed by atoms with Crippen molar-refractivity contribution in [2.75, 3.05) is 26.4 Å². The van der Waals surface area contributed by atoms with Crippen LogP contribution in [0.15, 0.2) is 60.8 Å². The van der Waals surface area contributed by atoms with Gasteiger partial charge in [0.2, 0.25) is 0 Å². The summed E-state index contributed by atoms with van der Waals surface area (Å²) < 4.78 is 22.8. The van der Waals surface area contributed by atoms with E-state index in [9.17, 15) is 25.2 Å². The number of allylic oxidation sites excluding steroid dienone is 10. The Morgan fingerprint density at radius 3 is 1.63 bits per heavy atom. The molecule has 1 fully saturated rings. The Balaban J connectivity index is 2.18. The first kappa shape index (κ1) is 52.9. The minimum atomic E-state index is -1.54. The zero-order chi connectivity index (χ0) is 41.4. The van der Waals surface area contributed by atoms with Gasteiger partial charge in [0.1, 0.15) is 30.5 Å². The van der Waals surface area contributed by atoms with Crippen LogP contribution in [0.3, 0.4) is 0 Å². The summed E-state index contributed by atoms with van der Waals surface area (Å²) in [4.78, 5) is 12.7. The van der Waals surface area contributed by atoms with Crippen LogP contribution in [0, 0.1) is 0 Å². The summed E-state index contributed by atoms with van der Waals surface area (Å²) in [5, 5.41) is 40.1. The van der Waals surface area contributed by atoms with Gasteiger partial charge < -0.3 is 39.4 Å². The van der Waals surface area contributed by atoms with Crippen LogP contribution in [0.2, 0.25) is 0 Å². The van der Waals surface area contributed by atoms with Gasteiger partial charge in [-0.15, -0.1) is 0 Å². The van der Waals surface area contributed by atoms with E-state index in [0.717, 1.165) is 83.5 Å². The van der Waals surface area contributed by atoms with E-state index in [4.69, 9.17) is 18.9 Å². The van der Waals surface area contributed by atoms with E-state index >= 15 is 0 Å². The molecule has 0 aromatic carbocycles. The fourth-order valence-corrected chi connectivity index (χ4v) is 6.60. The molecule has 0 radical (unpaired) electrons. The molecule has 0 aromatic rings. The smallest absolute Gasteiger partial charge is 0.306 e. The molecule has 6 unspecified atom stereocenters. The molecule has 57 heavy (non-hydrogen) atoms. The van der Waals surface area contributed by atoms with Crippen LogP contribution in [0.25, 0.3) is 0 Å². The highest BCUT2D eigenvalue weighted by molar-refractivity contribution is 5.69. The summed E-state index contributed by atoms with van der Waals surface area (Å²) in [7, 11) is 0. The minimum Gasteiger partial charge on any atom is -0.457 e. The molecule has 1 rings (SSSR count). The third-order valence-corrected chi connectivity index (χ3v) is 10.1. The number of hydrogen-bond acceptors (Lipinski definition) is 9. The molecule has 1 heterocycles. The normalized spacial score (nSPS) is 21.0. The van der Waals surface area contributed by atoms with Crippen LogP contribution < -0.4 is 0 Å². The topological polar surface area (TPSA) is 135 Å². The molecule has 6 atom stereocenters. The first-order valence-corrected chi connectivity index (χ1v) is 22.9. The number of carbonyl (C=O) groups is 1. The van der Waals surface area contributed by atoms with Gasteiger partial charge in [-0.05, 0) is 70.6 Å². The Labute approximate surface area is 347 Å². The van der Waals surface area contributed by atoms with Crippen molar-refractivity contribution >= 4 is 5.97 Å². The van der Waals surface area contributed by atoms with Crippen LogP contribution >= 0.6 is 0 Å². The molecule has 0 spiro atoms. The summed E-state index contributed by atoms with van der Waals surface area (Å²) in [6, 6.07) is 0. The zero-order valence-electron chi connectivity index (χ0n) is 36.1. The van der Waals surface area contributed by atoms with Crippen molar-refractivity contribution in [2.24, 2.45) is 0 Å². The van der Waals surface area contributed by atoms with Crippen LogP contribution in [-0.4, -0.2) is 89.6 Å². The van der Waals surface area contributed by atoms with Gasteiger partial charge in [0, 0.05) is 13.0 Å². The molecule has 330 valence electrons. The summed E-state index contributed by atoms with van der Waals surface area (Å²) in [6.45, 7) is 4.36. The van der Waals surface area contributed by atoms with Crippen molar-refractivity contribution in [3.63, 3.8) is 0 Å². The predicted molar refractivity (Wildman–Crippen MR) is 233 cm³/mol. The minimum absolute atomic E-state index is 0.120. The predicted octanol–water partition coefficient (Wildman–Crippen LogP) is 10.3. The van der Waals surface area contributed by atoms with Gasteiger partial charge >= 0.3 is 5.97 Å². The van der Waals surface area contributed by atoms with E-state index in [2.05, 4.69) is 74.6 Å². The number of unbranched alkanes of at least 4 members (excludes halogenated alkanes) is 17. The molecular weight excluding hydrogens is 721 g/mol. The second-order valence-corrected chi connectivity index (χ2v) is 15.5. The Bertz CT molecular complexity index is 1050. The van der Waals surface area contributed by atoms with Gasteiger partial charge in [-0.1, -0.05) is 158 Å². The van der Waals surface area contributed by atoms with Gasteiger partial charge in [-0.2, -0.15) is 0 Å². The van der Waals surface area contributed by atoms with Crippen molar-refractivity contribution in [2.45, 2.75) is 211 Å². The van der Waals surface area contributed by atoms with Crippen molar-refractivity contribution in [1.29, 1.82) is 0 Å². The van der Waals surface area contributed by atoms with E-state index in [1.165, 1.54) is 70.6 Å². The third-order valence-electron chi connectivity index (χ3n) is 10.1. The maximum absolute atomic E-state index is 12.7. The average molecular weight is 805 g/mol. The molecule has 1 saturated heterocycles. The van der Waals surface area contributed by atoms with E-state index < -0.39 is 43.4 Å². The number of aliphatic hydroxyl groups excluding tert-OH is 4. The lowest BCUT2D eigenvalue weighted by Gasteiger charge is -2.39. The molecule has 0 amide bonds. The van der Waals surface area contributed by atoms with E-state index in [0.29, 0.717) is 13.0 Å². The number of ether oxygens (including phenoxy) is 4. The van der Waals surface area contributed by atoms with E-state index in [1.807, 2.05) is 0 Å². The van der Waals surface area contributed by atoms with E-state index in [-0.39, 0.29) is 19.2 Å². The maximum Gasteiger partial charge on any atom is 0.306 e. The Kier molecular flexibility index (Phi) is 36.5. The third kappa shape index (κ3) is 30.6. The monoisotopic (exact) mass is 805 g/mol. The summed E-state index contributed by atoms with van der Waals surface area (Å²) in [5.74, 6) is -0.328. The summed E-state index contributed by atoms with van der Waals surface area (Å²) in [6.07, 6.45) is 42.6. The molecule has 1 aliphatic heterocycles. The molecular formula is C48H84O9. The molecule has 0 saturated carbocycles. The Morgan fingerprint density at radius 1 is 0.579 bits per heavy atom. The number of esters is 1. The van der Waals surface area contributed by atoms with Crippen molar-refractivity contribution < 1.29 is 44.2 Å². The van der Waals surface area contributed by atoms with Gasteiger partial charge in [0.05, 0.1) is 19.8 Å². The quantitative estimate of drug-likeness (QED) is 0.0273. The van der Waals surface area contributed by atoms with Crippen LogP contribution in [-0.2, 0) is 23.7 Å². The Morgan fingerprint density at radius 2 is 1.07 bits per heavy atom. The Hall–Kier alpha value is -2.11. The molecule has 0 aromatic heterocycles. The largest absolute Gasteiger partial charge is 0.457 e. The van der Waals surface area contributed by atoms with Crippen LogP contribution in [0.4, 0.5) is 0 Å². The summed E-state index contributed by atoms with van der Waals surface area (Å²) in [5.41, 5.74) is 0. The maximum atomic E-state index is 12.7. The van der Waals surface area contributed by atoms with Gasteiger partial charge in [-0.25, -0.2) is 0 Å². The summed E-state index contributed by atoms with van der Waals surface area (Å²) >= 11 is 0. The lowest BCUT2D eigenvalue weighted by atomic mass is 9.99. The molecule has 1 aliphatic rings. The van der Waals surface area contributed by atoms with Crippen LogP contribution in [0.5, 0.6) is 0 Å². The standard InChI is InChI=1S/C48H84O9/c1-3-5-7-9-11-13-15-16-17-18-19-20-21-22-23-24-25-26-27-28-30-32-34-36-38-54-40-42(41-55-48-47(53)46(52)45(51)43(39-49)57-48)56-44(50)37-35-33-31-29-14-12-10-8-6-4-2/h5,7-8,10-11,13,16-17,19-20,42-43,45-49,51-53H,3-4,6,9,12,14-15,18,21-41H2,1-2H3/b7-5-,10-8-,13-11-,17-16-,20-19-. The first-order valence-electron chi connectivity index (χ1n) is 22.9. The second-order valence-electron chi connectivity index (χ2n) is 15.5. The van der Waals surface area contributed by atoms with Crippen molar-refractivity contribution in [1.82, 2.24) is 0 Å². The van der Waals surface area contributed by atoms with Crippen LogP contribution in [0.1, 0.15) is 174 Å².